The maximum absolute atomic E-state index is 13.0. The molecule has 34 heavy (non-hydrogen) atoms. The van der Waals surface area contributed by atoms with Gasteiger partial charge >= 0.3 is 6.03 Å². The van der Waals surface area contributed by atoms with Crippen LogP contribution in [0.15, 0.2) is 24.3 Å². The molecule has 11 heteroatoms. The topological polar surface area (TPSA) is 107 Å². The molecule has 2 aromatic rings. The first-order valence-corrected chi connectivity index (χ1v) is 12.4. The summed E-state index contributed by atoms with van der Waals surface area (Å²) in [5.41, 5.74) is 7.76. The zero-order chi connectivity index (χ0) is 24.2. The summed E-state index contributed by atoms with van der Waals surface area (Å²) in [5, 5.41) is 7.99. The first-order chi connectivity index (χ1) is 16.4. The summed E-state index contributed by atoms with van der Waals surface area (Å²) in [6.07, 6.45) is 2.33. The summed E-state index contributed by atoms with van der Waals surface area (Å²) in [6.45, 7) is 5.51. The van der Waals surface area contributed by atoms with Crippen molar-refractivity contribution in [3.63, 3.8) is 0 Å². The number of aromatic nitrogens is 1. The fourth-order valence-corrected chi connectivity index (χ4v) is 4.97. The summed E-state index contributed by atoms with van der Waals surface area (Å²) in [7, 11) is 0. The molecule has 0 spiro atoms. The van der Waals surface area contributed by atoms with Crippen LogP contribution in [0.1, 0.15) is 26.2 Å². The lowest BCUT2D eigenvalue weighted by Gasteiger charge is -2.37. The second-order valence-electron chi connectivity index (χ2n) is 8.53. The maximum Gasteiger partial charge on any atom is 0.318 e. The Bertz CT molecular complexity index is 1090. The molecule has 1 aromatic carbocycles. The normalized spacial score (nSPS) is 19.2. The van der Waals surface area contributed by atoms with Gasteiger partial charge in [0.05, 0.1) is 5.52 Å². The number of hydrogen-bond donors (Lipinski definition) is 3. The van der Waals surface area contributed by atoms with Crippen LogP contribution in [0.4, 0.5) is 16.3 Å². The number of piperazine rings is 1. The molecule has 9 nitrogen and oxygen atoms in total. The molecular weight excluding hydrogens is 474 g/mol. The number of nitrogen functional groups attached to an aromatic ring is 1. The first-order valence-electron chi connectivity index (χ1n) is 11.6. The highest BCUT2D eigenvalue weighted by molar-refractivity contribution is 7.80. The van der Waals surface area contributed by atoms with E-state index in [0.29, 0.717) is 61.6 Å². The number of carbonyl (C=O) groups is 2. The molecule has 0 saturated carbocycles. The molecule has 2 aliphatic rings. The number of anilines is 2. The fourth-order valence-electron chi connectivity index (χ4n) is 4.48. The number of likely N-dealkylation sites (tertiary alicyclic amines) is 1. The Morgan fingerprint density at radius 1 is 1.21 bits per heavy atom. The van der Waals surface area contributed by atoms with Crippen molar-refractivity contribution in [3.8, 4) is 0 Å². The number of thiocarbonyl (C=S) groups is 1. The van der Waals surface area contributed by atoms with E-state index in [2.05, 4.69) is 20.5 Å². The Kier molecular flexibility index (Phi) is 7.57. The number of nitrogens with one attached hydrogen (secondary N) is 2. The molecule has 1 aromatic heterocycles. The van der Waals surface area contributed by atoms with Crippen LogP contribution in [-0.2, 0) is 4.79 Å². The van der Waals surface area contributed by atoms with Gasteiger partial charge in [0.25, 0.3) is 5.91 Å². The molecule has 0 radical (unpaired) electrons. The van der Waals surface area contributed by atoms with Crippen molar-refractivity contribution in [2.24, 2.45) is 0 Å². The maximum atomic E-state index is 13.0. The summed E-state index contributed by atoms with van der Waals surface area (Å²) in [4.78, 5) is 36.0. The average Bonchev–Trinajstić information content (AvgIpc) is 3.00. The van der Waals surface area contributed by atoms with Crippen LogP contribution in [0, 0.1) is 0 Å². The lowest BCUT2D eigenvalue weighted by molar-refractivity contribution is -0.128. The van der Waals surface area contributed by atoms with Crippen LogP contribution in [-0.4, -0.2) is 77.1 Å². The van der Waals surface area contributed by atoms with Crippen molar-refractivity contribution < 1.29 is 9.59 Å². The number of nitrogens with two attached hydrogens (primary N) is 1. The van der Waals surface area contributed by atoms with E-state index >= 15 is 0 Å². The van der Waals surface area contributed by atoms with Crippen molar-refractivity contribution in [1.29, 1.82) is 0 Å². The summed E-state index contributed by atoms with van der Waals surface area (Å²) in [5.74, 6) is 0.282. The van der Waals surface area contributed by atoms with Crippen molar-refractivity contribution in [2.45, 2.75) is 32.2 Å². The number of nitrogens with zero attached hydrogens (tertiary/aromatic N) is 4. The van der Waals surface area contributed by atoms with Gasteiger partial charge in [0, 0.05) is 61.4 Å². The minimum Gasteiger partial charge on any atom is -0.384 e. The van der Waals surface area contributed by atoms with Gasteiger partial charge in [-0.3, -0.25) is 9.69 Å². The number of hydrogen-bond acceptors (Lipinski definition) is 6. The van der Waals surface area contributed by atoms with E-state index in [1.165, 1.54) is 0 Å². The predicted molar refractivity (Wildman–Crippen MR) is 139 cm³/mol. The Morgan fingerprint density at radius 2 is 1.97 bits per heavy atom. The SMILES string of the molecule is CCNC(=S)N1CCCCC(NC(=O)N2CCN(c3cc(N)nc4cc(Cl)ccc34)CC2)C1=O. The summed E-state index contributed by atoms with van der Waals surface area (Å²) < 4.78 is 0. The molecule has 3 amide bonds. The molecule has 1 unspecified atom stereocenters. The number of rotatable bonds is 3. The van der Waals surface area contributed by atoms with E-state index in [1.54, 1.807) is 15.9 Å². The Balaban J connectivity index is 1.40. The quantitative estimate of drug-likeness (QED) is 0.552. The van der Waals surface area contributed by atoms with Crippen LogP contribution in [0.5, 0.6) is 0 Å². The molecule has 182 valence electrons. The standard InChI is InChI=1S/C23H30ClN7O2S/c1-2-26-23(34)31-8-4-3-5-17(21(31)32)28-22(33)30-11-9-29(10-12-30)19-14-20(25)27-18-13-15(24)6-7-16(18)19/h6-7,13-14,17H,2-5,8-12H2,1H3,(H2,25,27)(H,26,34)(H,28,33). The third kappa shape index (κ3) is 5.28. The predicted octanol–water partition coefficient (Wildman–Crippen LogP) is 2.58. The number of amides is 3. The Hall–Kier alpha value is -2.85. The Labute approximate surface area is 209 Å². The van der Waals surface area contributed by atoms with E-state index in [1.807, 2.05) is 25.1 Å². The number of benzene rings is 1. The summed E-state index contributed by atoms with van der Waals surface area (Å²) in [6, 6.07) is 6.65. The molecule has 3 heterocycles. The first kappa shape index (κ1) is 24.3. The van der Waals surface area contributed by atoms with E-state index < -0.39 is 6.04 Å². The van der Waals surface area contributed by atoms with Crippen LogP contribution in [0.3, 0.4) is 0 Å². The largest absolute Gasteiger partial charge is 0.384 e. The third-order valence-corrected chi connectivity index (χ3v) is 6.84. The zero-order valence-corrected chi connectivity index (χ0v) is 20.8. The van der Waals surface area contributed by atoms with Gasteiger partial charge in [-0.1, -0.05) is 11.6 Å². The highest BCUT2D eigenvalue weighted by Crippen LogP contribution is 2.30. The lowest BCUT2D eigenvalue weighted by atomic mass is 10.1. The number of urea groups is 1. The molecule has 2 aliphatic heterocycles. The molecule has 2 saturated heterocycles. The number of pyridine rings is 1. The number of fused-ring (bicyclic) bond motifs is 1. The van der Waals surface area contributed by atoms with Gasteiger partial charge in [0.15, 0.2) is 5.11 Å². The highest BCUT2D eigenvalue weighted by Gasteiger charge is 2.32. The second-order valence-corrected chi connectivity index (χ2v) is 9.35. The van der Waals surface area contributed by atoms with E-state index in [4.69, 9.17) is 29.6 Å². The molecular formula is C23H30ClN7O2S. The number of carbonyl (C=O) groups excluding carboxylic acids is 2. The zero-order valence-electron chi connectivity index (χ0n) is 19.2. The van der Waals surface area contributed by atoms with Gasteiger partial charge in [-0.25, -0.2) is 9.78 Å². The van der Waals surface area contributed by atoms with Crippen molar-refractivity contribution in [2.75, 3.05) is 49.9 Å². The van der Waals surface area contributed by atoms with Crippen molar-refractivity contribution >= 4 is 63.3 Å². The smallest absolute Gasteiger partial charge is 0.318 e. The highest BCUT2D eigenvalue weighted by atomic mass is 35.5. The minimum absolute atomic E-state index is 0.146. The third-order valence-electron chi connectivity index (χ3n) is 6.24. The molecule has 0 aliphatic carbocycles. The van der Waals surface area contributed by atoms with Gasteiger partial charge < -0.3 is 26.2 Å². The van der Waals surface area contributed by atoms with E-state index in [9.17, 15) is 9.59 Å². The lowest BCUT2D eigenvalue weighted by Crippen LogP contribution is -2.57. The molecule has 4 rings (SSSR count). The van der Waals surface area contributed by atoms with Crippen LogP contribution in [0.25, 0.3) is 10.9 Å². The van der Waals surface area contributed by atoms with Crippen LogP contribution in [0.2, 0.25) is 5.02 Å². The van der Waals surface area contributed by atoms with E-state index in [-0.39, 0.29) is 11.9 Å². The fraction of sp³-hybridized carbons (Fsp3) is 0.478. The number of halogens is 1. The van der Waals surface area contributed by atoms with Crippen molar-refractivity contribution in [1.82, 2.24) is 25.4 Å². The molecule has 4 N–H and O–H groups in total. The van der Waals surface area contributed by atoms with Crippen LogP contribution < -0.4 is 21.3 Å². The Morgan fingerprint density at radius 3 is 2.71 bits per heavy atom. The second kappa shape index (κ2) is 10.6. The van der Waals surface area contributed by atoms with Crippen molar-refractivity contribution in [3.05, 3.63) is 29.3 Å². The molecule has 0 bridgehead atoms. The average molecular weight is 504 g/mol. The van der Waals surface area contributed by atoms with Gasteiger partial charge in [-0.2, -0.15) is 0 Å². The summed E-state index contributed by atoms with van der Waals surface area (Å²) >= 11 is 11.5. The van der Waals surface area contributed by atoms with E-state index in [0.717, 1.165) is 29.4 Å². The van der Waals surface area contributed by atoms with Gasteiger partial charge in [0.2, 0.25) is 0 Å². The minimum atomic E-state index is -0.571. The van der Waals surface area contributed by atoms with Gasteiger partial charge in [-0.05, 0) is 56.6 Å². The van der Waals surface area contributed by atoms with Gasteiger partial charge in [-0.15, -0.1) is 0 Å². The molecule has 2 fully saturated rings. The molecule has 1 atom stereocenters. The van der Waals surface area contributed by atoms with Crippen LogP contribution >= 0.6 is 23.8 Å². The monoisotopic (exact) mass is 503 g/mol. The van der Waals surface area contributed by atoms with Gasteiger partial charge in [0.1, 0.15) is 11.9 Å².